The van der Waals surface area contributed by atoms with Crippen LogP contribution in [0.2, 0.25) is 0 Å². The highest BCUT2D eigenvalue weighted by molar-refractivity contribution is 5.92. The van der Waals surface area contributed by atoms with Gasteiger partial charge in [0, 0.05) is 6.92 Å². The molecule has 0 atom stereocenters. The summed E-state index contributed by atoms with van der Waals surface area (Å²) in [4.78, 5) is 21.4. The van der Waals surface area contributed by atoms with Gasteiger partial charge in [-0.1, -0.05) is 6.07 Å². The number of hydrogen-bond donors (Lipinski definition) is 3. The summed E-state index contributed by atoms with van der Waals surface area (Å²) in [6.45, 7) is 1.07. The maximum atomic E-state index is 10.7. The Hall–Kier alpha value is -2.50. The third-order valence-corrected chi connectivity index (χ3v) is 1.76. The predicted octanol–water partition coefficient (Wildman–Crippen LogP) is 1.09. The first kappa shape index (κ1) is 12.6. The maximum absolute atomic E-state index is 10.7. The molecule has 0 saturated heterocycles. The van der Waals surface area contributed by atoms with Gasteiger partial charge in [0.05, 0.1) is 0 Å². The quantitative estimate of drug-likeness (QED) is 0.315. The van der Waals surface area contributed by atoms with Gasteiger partial charge in [-0.3, -0.25) is 4.79 Å². The van der Waals surface area contributed by atoms with E-state index in [2.05, 4.69) is 4.74 Å². The highest BCUT2D eigenvalue weighted by Crippen LogP contribution is 2.26. The fraction of sp³-hybridized carbons (Fsp3) is 0.0909. The lowest BCUT2D eigenvalue weighted by Gasteiger charge is -2.03. The summed E-state index contributed by atoms with van der Waals surface area (Å²) in [6.07, 6.45) is 1.06. The molecule has 1 aromatic rings. The summed E-state index contributed by atoms with van der Waals surface area (Å²) < 4.78 is 4.46. The molecule has 0 aliphatic heterocycles. The number of benzene rings is 1. The zero-order chi connectivity index (χ0) is 13.0. The van der Waals surface area contributed by atoms with Crippen molar-refractivity contribution in [3.05, 3.63) is 29.5 Å². The number of ether oxygens (including phenoxy) is 1. The topological polar surface area (TPSA) is 104 Å². The molecule has 0 spiro atoms. The number of aromatic hydroxyl groups is 2. The van der Waals surface area contributed by atoms with Crippen LogP contribution in [0.25, 0.3) is 6.08 Å². The van der Waals surface area contributed by atoms with Crippen molar-refractivity contribution in [2.45, 2.75) is 6.92 Å². The van der Waals surface area contributed by atoms with Gasteiger partial charge in [0.25, 0.3) is 0 Å². The number of carbonyl (C=O) groups is 2. The van der Waals surface area contributed by atoms with Gasteiger partial charge in [-0.05, 0) is 23.8 Å². The average Bonchev–Trinajstić information content (AvgIpc) is 2.21. The molecule has 0 aliphatic carbocycles. The monoisotopic (exact) mass is 238 g/mol. The average molecular weight is 238 g/mol. The molecule has 6 heteroatoms. The van der Waals surface area contributed by atoms with E-state index in [9.17, 15) is 14.7 Å². The van der Waals surface area contributed by atoms with Gasteiger partial charge in [0.1, 0.15) is 0 Å². The number of aliphatic carboxylic acids is 1. The molecule has 6 nitrogen and oxygen atoms in total. The maximum Gasteiger partial charge on any atom is 0.371 e. The molecule has 1 rings (SSSR count). The number of carbonyl (C=O) groups excluding carboxylic acids is 1. The first-order chi connectivity index (χ1) is 7.90. The number of phenols is 2. The lowest BCUT2D eigenvalue weighted by molar-refractivity contribution is -0.146. The van der Waals surface area contributed by atoms with Gasteiger partial charge in [-0.15, -0.1) is 0 Å². The van der Waals surface area contributed by atoms with Crippen LogP contribution < -0.4 is 0 Å². The van der Waals surface area contributed by atoms with Crippen LogP contribution in [0.15, 0.2) is 24.0 Å². The van der Waals surface area contributed by atoms with E-state index in [0.717, 1.165) is 19.1 Å². The number of hydrogen-bond acceptors (Lipinski definition) is 5. The summed E-state index contributed by atoms with van der Waals surface area (Å²) in [7, 11) is 0. The van der Waals surface area contributed by atoms with Gasteiger partial charge < -0.3 is 20.1 Å². The largest absolute Gasteiger partial charge is 0.504 e. The summed E-state index contributed by atoms with van der Waals surface area (Å²) in [5, 5.41) is 27.0. The Labute approximate surface area is 96.4 Å². The van der Waals surface area contributed by atoms with E-state index in [1.807, 2.05) is 0 Å². The smallest absolute Gasteiger partial charge is 0.371 e. The van der Waals surface area contributed by atoms with Gasteiger partial charge in [-0.25, -0.2) is 4.79 Å². The zero-order valence-corrected chi connectivity index (χ0v) is 8.88. The van der Waals surface area contributed by atoms with Crippen LogP contribution in [-0.4, -0.2) is 27.3 Å². The van der Waals surface area contributed by atoms with Crippen LogP contribution in [0.3, 0.4) is 0 Å². The molecule has 3 N–H and O–H groups in total. The molecule has 17 heavy (non-hydrogen) atoms. The van der Waals surface area contributed by atoms with Crippen LogP contribution >= 0.6 is 0 Å². The predicted molar refractivity (Wildman–Crippen MR) is 57.2 cm³/mol. The van der Waals surface area contributed by atoms with Crippen LogP contribution in [0.1, 0.15) is 12.5 Å². The number of esters is 1. The summed E-state index contributed by atoms with van der Waals surface area (Å²) in [5.74, 6) is -3.46. The first-order valence-corrected chi connectivity index (χ1v) is 4.55. The second kappa shape index (κ2) is 5.02. The fourth-order valence-corrected chi connectivity index (χ4v) is 1.07. The summed E-state index contributed by atoms with van der Waals surface area (Å²) >= 11 is 0. The van der Waals surface area contributed by atoms with Crippen LogP contribution in [0, 0.1) is 0 Å². The highest BCUT2D eigenvalue weighted by atomic mass is 16.6. The Kier molecular flexibility index (Phi) is 3.71. The Bertz CT molecular complexity index is 489. The molecule has 0 aromatic heterocycles. The normalized spacial score (nSPS) is 11.0. The zero-order valence-electron chi connectivity index (χ0n) is 8.88. The van der Waals surface area contributed by atoms with Crippen molar-refractivity contribution in [2.24, 2.45) is 0 Å². The highest BCUT2D eigenvalue weighted by Gasteiger charge is 2.12. The molecule has 0 fully saturated rings. The minimum Gasteiger partial charge on any atom is -0.504 e. The molecule has 0 aliphatic rings. The molecular formula is C11H10O6. The number of rotatable bonds is 3. The lowest BCUT2D eigenvalue weighted by Crippen LogP contribution is -2.08. The molecule has 0 heterocycles. The fourth-order valence-electron chi connectivity index (χ4n) is 1.07. The molecule has 1 aromatic carbocycles. The van der Waals surface area contributed by atoms with E-state index < -0.39 is 23.4 Å². The molecule has 90 valence electrons. The Morgan fingerprint density at radius 2 is 1.88 bits per heavy atom. The van der Waals surface area contributed by atoms with Crippen LogP contribution in [-0.2, 0) is 14.3 Å². The second-order valence-corrected chi connectivity index (χ2v) is 3.16. The second-order valence-electron chi connectivity index (χ2n) is 3.16. The lowest BCUT2D eigenvalue weighted by atomic mass is 10.2. The van der Waals surface area contributed by atoms with Crippen molar-refractivity contribution in [3.63, 3.8) is 0 Å². The van der Waals surface area contributed by atoms with E-state index in [-0.39, 0.29) is 11.3 Å². The molecular weight excluding hydrogens is 228 g/mol. The molecule has 0 radical (unpaired) electrons. The Balaban J connectivity index is 3.08. The van der Waals surface area contributed by atoms with Crippen molar-refractivity contribution in [1.29, 1.82) is 0 Å². The first-order valence-electron chi connectivity index (χ1n) is 4.55. The number of phenolic OH excluding ortho intramolecular Hbond substituents is 2. The minimum atomic E-state index is -1.41. The van der Waals surface area contributed by atoms with Gasteiger partial charge in [0.2, 0.25) is 5.76 Å². The van der Waals surface area contributed by atoms with Crippen molar-refractivity contribution in [1.82, 2.24) is 0 Å². The van der Waals surface area contributed by atoms with Crippen LogP contribution in [0.5, 0.6) is 11.5 Å². The van der Waals surface area contributed by atoms with E-state index in [1.54, 1.807) is 0 Å². The number of carboxylic acids is 1. The van der Waals surface area contributed by atoms with E-state index in [1.165, 1.54) is 12.1 Å². The Morgan fingerprint density at radius 1 is 1.24 bits per heavy atom. The summed E-state index contributed by atoms with van der Waals surface area (Å²) in [5.41, 5.74) is 0.277. The third kappa shape index (κ3) is 3.53. The third-order valence-electron chi connectivity index (χ3n) is 1.76. The van der Waals surface area contributed by atoms with Crippen molar-refractivity contribution in [3.8, 4) is 11.5 Å². The molecule has 0 saturated carbocycles. The Morgan fingerprint density at radius 3 is 2.35 bits per heavy atom. The van der Waals surface area contributed by atoms with Crippen LogP contribution in [0.4, 0.5) is 0 Å². The van der Waals surface area contributed by atoms with Crippen molar-refractivity contribution in [2.75, 3.05) is 0 Å². The molecule has 0 amide bonds. The van der Waals surface area contributed by atoms with Gasteiger partial charge in [-0.2, -0.15) is 0 Å². The van der Waals surface area contributed by atoms with E-state index in [0.29, 0.717) is 0 Å². The molecule has 0 bridgehead atoms. The molecule has 0 unspecified atom stereocenters. The van der Waals surface area contributed by atoms with Crippen molar-refractivity contribution >= 4 is 18.0 Å². The summed E-state index contributed by atoms with van der Waals surface area (Å²) in [6, 6.07) is 3.69. The standard InChI is InChI=1S/C11H10O6/c1-6(12)17-10(11(15)16)5-7-2-3-8(13)9(14)4-7/h2-5,13-14H,1H3,(H,15,16). The van der Waals surface area contributed by atoms with Gasteiger partial charge in [0.15, 0.2) is 11.5 Å². The van der Waals surface area contributed by atoms with E-state index >= 15 is 0 Å². The minimum absolute atomic E-state index is 0.277. The number of carboxylic acid groups (broad SMARTS) is 1. The van der Waals surface area contributed by atoms with Gasteiger partial charge >= 0.3 is 11.9 Å². The van der Waals surface area contributed by atoms with E-state index in [4.69, 9.17) is 10.2 Å². The van der Waals surface area contributed by atoms with Crippen molar-refractivity contribution < 1.29 is 29.6 Å². The SMILES string of the molecule is CC(=O)OC(=Cc1ccc(O)c(O)c1)C(=O)O.